The number of benzene rings is 4. The Balaban J connectivity index is 1.32. The number of hydrogen-bond acceptors (Lipinski definition) is 4. The molecule has 0 unspecified atom stereocenters. The lowest BCUT2D eigenvalue weighted by atomic mass is 10.1. The molecule has 2 amide bonds. The number of fused-ring (bicyclic) bond motifs is 1. The van der Waals surface area contributed by atoms with Crippen molar-refractivity contribution in [2.75, 3.05) is 24.4 Å². The van der Waals surface area contributed by atoms with E-state index in [4.69, 9.17) is 9.47 Å². The largest absolute Gasteiger partial charge is 0.497 e. The zero-order valence-electron chi connectivity index (χ0n) is 17.5. The molecular formula is C26H22N2O4. The fourth-order valence-electron chi connectivity index (χ4n) is 3.25. The average molecular weight is 426 g/mol. The third-order valence-electron chi connectivity index (χ3n) is 4.90. The Kier molecular flexibility index (Phi) is 6.32. The molecule has 160 valence electrons. The van der Waals surface area contributed by atoms with Crippen molar-refractivity contribution in [3.8, 4) is 11.5 Å². The molecule has 32 heavy (non-hydrogen) atoms. The lowest BCUT2D eigenvalue weighted by Crippen LogP contribution is -2.20. The van der Waals surface area contributed by atoms with Crippen molar-refractivity contribution in [1.82, 2.24) is 0 Å². The molecule has 0 saturated carbocycles. The second-order valence-electron chi connectivity index (χ2n) is 7.07. The molecule has 0 spiro atoms. The molecule has 0 heterocycles. The van der Waals surface area contributed by atoms with Gasteiger partial charge < -0.3 is 20.1 Å². The Bertz CT molecular complexity index is 1230. The van der Waals surface area contributed by atoms with Gasteiger partial charge in [0.25, 0.3) is 11.8 Å². The summed E-state index contributed by atoms with van der Waals surface area (Å²) in [7, 11) is 1.59. The van der Waals surface area contributed by atoms with E-state index in [0.29, 0.717) is 22.7 Å². The number of anilines is 2. The predicted molar refractivity (Wildman–Crippen MR) is 125 cm³/mol. The highest BCUT2D eigenvalue weighted by molar-refractivity contribution is 6.04. The summed E-state index contributed by atoms with van der Waals surface area (Å²) in [5.41, 5.74) is 1.89. The molecule has 6 nitrogen and oxygen atoms in total. The molecule has 4 aromatic rings. The van der Waals surface area contributed by atoms with Gasteiger partial charge in [-0.2, -0.15) is 0 Å². The summed E-state index contributed by atoms with van der Waals surface area (Å²) in [5, 5.41) is 7.72. The van der Waals surface area contributed by atoms with Crippen molar-refractivity contribution in [2.45, 2.75) is 0 Å². The number of carbonyl (C=O) groups excluding carboxylic acids is 2. The molecule has 6 heteroatoms. The number of carbonyl (C=O) groups is 2. The van der Waals surface area contributed by atoms with Gasteiger partial charge in [0.1, 0.15) is 11.5 Å². The topological polar surface area (TPSA) is 76.7 Å². The number of methoxy groups -OCH3 is 1. The molecule has 0 saturated heterocycles. The Labute approximate surface area is 185 Å². The monoisotopic (exact) mass is 426 g/mol. The van der Waals surface area contributed by atoms with Crippen molar-refractivity contribution >= 4 is 34.0 Å². The first-order valence-electron chi connectivity index (χ1n) is 10.1. The summed E-state index contributed by atoms with van der Waals surface area (Å²) in [4.78, 5) is 24.8. The minimum absolute atomic E-state index is 0.138. The molecule has 0 fully saturated rings. The van der Waals surface area contributed by atoms with Crippen molar-refractivity contribution in [3.63, 3.8) is 0 Å². The molecule has 0 aromatic heterocycles. The molecule has 0 aliphatic heterocycles. The fraction of sp³-hybridized carbons (Fsp3) is 0.0769. The van der Waals surface area contributed by atoms with Crippen molar-refractivity contribution < 1.29 is 19.1 Å². The van der Waals surface area contributed by atoms with Crippen LogP contribution in [0.4, 0.5) is 11.4 Å². The number of ether oxygens (including phenoxy) is 2. The summed E-state index contributed by atoms with van der Waals surface area (Å²) in [6.07, 6.45) is 0. The van der Waals surface area contributed by atoms with E-state index in [1.165, 1.54) is 0 Å². The van der Waals surface area contributed by atoms with Crippen molar-refractivity contribution in [3.05, 3.63) is 96.6 Å². The van der Waals surface area contributed by atoms with Crippen LogP contribution >= 0.6 is 0 Å². The van der Waals surface area contributed by atoms with E-state index < -0.39 is 0 Å². The minimum Gasteiger partial charge on any atom is -0.497 e. The van der Waals surface area contributed by atoms with Gasteiger partial charge in [-0.1, -0.05) is 36.4 Å². The Morgan fingerprint density at radius 1 is 0.750 bits per heavy atom. The van der Waals surface area contributed by atoms with E-state index in [0.717, 1.165) is 16.5 Å². The molecule has 0 aliphatic carbocycles. The van der Waals surface area contributed by atoms with Crippen LogP contribution in [0.2, 0.25) is 0 Å². The molecule has 4 aromatic carbocycles. The van der Waals surface area contributed by atoms with E-state index in [-0.39, 0.29) is 18.4 Å². The molecule has 2 N–H and O–H groups in total. The van der Waals surface area contributed by atoms with Gasteiger partial charge in [0.05, 0.1) is 7.11 Å². The van der Waals surface area contributed by atoms with Crippen LogP contribution in [0.1, 0.15) is 10.4 Å². The van der Waals surface area contributed by atoms with Gasteiger partial charge in [-0.05, 0) is 60.0 Å². The van der Waals surface area contributed by atoms with E-state index in [9.17, 15) is 9.59 Å². The highest BCUT2D eigenvalue weighted by atomic mass is 16.5. The maximum Gasteiger partial charge on any atom is 0.262 e. The Morgan fingerprint density at radius 2 is 1.44 bits per heavy atom. The van der Waals surface area contributed by atoms with Gasteiger partial charge in [0.15, 0.2) is 6.61 Å². The highest BCUT2D eigenvalue weighted by Gasteiger charge is 2.09. The maximum atomic E-state index is 12.4. The van der Waals surface area contributed by atoms with Gasteiger partial charge in [-0.3, -0.25) is 9.59 Å². The van der Waals surface area contributed by atoms with Gasteiger partial charge in [0.2, 0.25) is 0 Å². The van der Waals surface area contributed by atoms with Crippen LogP contribution < -0.4 is 20.1 Å². The molecule has 0 bridgehead atoms. The predicted octanol–water partition coefficient (Wildman–Crippen LogP) is 5.12. The van der Waals surface area contributed by atoms with Crippen LogP contribution in [0.15, 0.2) is 91.0 Å². The minimum atomic E-state index is -0.261. The van der Waals surface area contributed by atoms with Gasteiger partial charge in [-0.25, -0.2) is 0 Å². The third kappa shape index (κ3) is 5.05. The first-order chi connectivity index (χ1) is 15.6. The van der Waals surface area contributed by atoms with Crippen molar-refractivity contribution in [2.24, 2.45) is 0 Å². The zero-order chi connectivity index (χ0) is 22.3. The number of hydrogen-bond donors (Lipinski definition) is 2. The van der Waals surface area contributed by atoms with E-state index in [2.05, 4.69) is 10.6 Å². The molecule has 0 atom stereocenters. The van der Waals surface area contributed by atoms with Crippen LogP contribution in [-0.2, 0) is 4.79 Å². The molecule has 0 radical (unpaired) electrons. The van der Waals surface area contributed by atoms with Crippen LogP contribution in [0.5, 0.6) is 11.5 Å². The van der Waals surface area contributed by atoms with Gasteiger partial charge in [-0.15, -0.1) is 0 Å². The van der Waals surface area contributed by atoms with E-state index in [1.54, 1.807) is 55.6 Å². The number of amides is 2. The van der Waals surface area contributed by atoms with Gasteiger partial charge >= 0.3 is 0 Å². The van der Waals surface area contributed by atoms with Crippen LogP contribution in [0.3, 0.4) is 0 Å². The summed E-state index contributed by atoms with van der Waals surface area (Å²) < 4.78 is 10.7. The van der Waals surface area contributed by atoms with Crippen LogP contribution in [0, 0.1) is 0 Å². The van der Waals surface area contributed by atoms with E-state index in [1.807, 2.05) is 42.5 Å². The molecule has 0 aliphatic rings. The molecular weight excluding hydrogens is 404 g/mol. The SMILES string of the molecule is COc1ccc(NC(=O)c2ccc(OCC(=O)Nc3cccc4ccccc34)cc2)cc1. The zero-order valence-corrected chi connectivity index (χ0v) is 17.5. The van der Waals surface area contributed by atoms with Crippen LogP contribution in [0.25, 0.3) is 10.8 Å². The maximum absolute atomic E-state index is 12.4. The summed E-state index contributed by atoms with van der Waals surface area (Å²) in [5.74, 6) is 0.714. The lowest BCUT2D eigenvalue weighted by Gasteiger charge is -2.10. The number of rotatable bonds is 7. The summed E-state index contributed by atoms with van der Waals surface area (Å²) in [6.45, 7) is -0.138. The van der Waals surface area contributed by atoms with Gasteiger partial charge in [0, 0.05) is 22.3 Å². The fourth-order valence-corrected chi connectivity index (χ4v) is 3.25. The highest BCUT2D eigenvalue weighted by Crippen LogP contribution is 2.23. The average Bonchev–Trinajstić information content (AvgIpc) is 2.84. The Hall–Kier alpha value is -4.32. The van der Waals surface area contributed by atoms with Crippen molar-refractivity contribution in [1.29, 1.82) is 0 Å². The number of nitrogens with one attached hydrogen (secondary N) is 2. The quantitative estimate of drug-likeness (QED) is 0.430. The second-order valence-corrected chi connectivity index (χ2v) is 7.07. The molecule has 4 rings (SSSR count). The standard InChI is InChI=1S/C26H22N2O4/c1-31-21-15-11-20(12-16-21)27-26(30)19-9-13-22(14-10-19)32-17-25(29)28-24-8-4-6-18-5-2-3-7-23(18)24/h2-16H,17H2,1H3,(H,27,30)(H,28,29). The smallest absolute Gasteiger partial charge is 0.262 e. The Morgan fingerprint density at radius 3 is 2.19 bits per heavy atom. The first-order valence-corrected chi connectivity index (χ1v) is 10.1. The normalized spacial score (nSPS) is 10.4. The summed E-state index contributed by atoms with van der Waals surface area (Å²) in [6, 6.07) is 27.3. The second kappa shape index (κ2) is 9.66. The first kappa shape index (κ1) is 20.9. The van der Waals surface area contributed by atoms with Crippen LogP contribution in [-0.4, -0.2) is 25.5 Å². The lowest BCUT2D eigenvalue weighted by molar-refractivity contribution is -0.118. The summed E-state index contributed by atoms with van der Waals surface area (Å²) >= 11 is 0. The van der Waals surface area contributed by atoms with E-state index >= 15 is 0 Å². The third-order valence-corrected chi connectivity index (χ3v) is 4.90.